The molecule has 0 bridgehead atoms. The Balaban J connectivity index is 1.57. The number of benzene rings is 2. The highest BCUT2D eigenvalue weighted by molar-refractivity contribution is 5.91. The third kappa shape index (κ3) is 3.63. The number of hydrogen-bond acceptors (Lipinski definition) is 4. The summed E-state index contributed by atoms with van der Waals surface area (Å²) in [4.78, 5) is 6.82. The molecule has 1 aliphatic rings. The van der Waals surface area contributed by atoms with Crippen LogP contribution in [-0.4, -0.2) is 52.4 Å². The van der Waals surface area contributed by atoms with Crippen LogP contribution in [0.25, 0.3) is 21.7 Å². The Morgan fingerprint density at radius 2 is 1.74 bits per heavy atom. The van der Waals surface area contributed by atoms with Gasteiger partial charge in [0.1, 0.15) is 6.10 Å². The molecule has 5 rings (SSSR count). The topological polar surface area (TPSA) is 50.5 Å². The normalized spacial score (nSPS) is 16.2. The van der Waals surface area contributed by atoms with E-state index in [4.69, 9.17) is 4.74 Å². The molecule has 1 unspecified atom stereocenters. The summed E-state index contributed by atoms with van der Waals surface area (Å²) in [5.74, 6) is 0. The molecule has 0 spiro atoms. The molecule has 1 atom stereocenters. The first-order valence-electron chi connectivity index (χ1n) is 11.0. The van der Waals surface area contributed by atoms with Gasteiger partial charge in [-0.25, -0.2) is 0 Å². The lowest BCUT2D eigenvalue weighted by molar-refractivity contribution is 0.0365. The van der Waals surface area contributed by atoms with E-state index in [1.807, 2.05) is 24.5 Å². The highest BCUT2D eigenvalue weighted by atomic mass is 16.5. The first-order chi connectivity index (χ1) is 15.1. The average Bonchev–Trinajstić information content (AvgIpc) is 3.09. The van der Waals surface area contributed by atoms with Crippen molar-refractivity contribution in [1.29, 1.82) is 0 Å². The highest BCUT2D eigenvalue weighted by Crippen LogP contribution is 2.37. The zero-order valence-electron chi connectivity index (χ0n) is 18.2. The summed E-state index contributed by atoms with van der Waals surface area (Å²) < 4.78 is 7.79. The van der Waals surface area contributed by atoms with Crippen LogP contribution in [0.2, 0.25) is 0 Å². The van der Waals surface area contributed by atoms with E-state index >= 15 is 0 Å². The zero-order valence-corrected chi connectivity index (χ0v) is 18.2. The largest absolute Gasteiger partial charge is 0.384 e. The molecule has 2 aromatic heterocycles. The summed E-state index contributed by atoms with van der Waals surface area (Å²) >= 11 is 0. The molecule has 1 aliphatic heterocycles. The number of aliphatic hydroxyl groups excluding tert-OH is 1. The molecule has 1 N–H and O–H groups in total. The minimum absolute atomic E-state index is 0.694. The second kappa shape index (κ2) is 8.42. The first-order valence-corrected chi connectivity index (χ1v) is 11.0. The van der Waals surface area contributed by atoms with Crippen LogP contribution in [-0.2, 0) is 11.3 Å². The summed E-state index contributed by atoms with van der Waals surface area (Å²) in [6.07, 6.45) is 3.04. The van der Waals surface area contributed by atoms with Gasteiger partial charge < -0.3 is 14.4 Å². The number of pyridine rings is 1. The van der Waals surface area contributed by atoms with Gasteiger partial charge >= 0.3 is 0 Å². The molecule has 0 aliphatic carbocycles. The van der Waals surface area contributed by atoms with E-state index in [0.717, 1.165) is 72.5 Å². The molecule has 5 nitrogen and oxygen atoms in total. The molecule has 1 saturated heterocycles. The molecule has 3 heterocycles. The molecule has 5 heteroatoms. The van der Waals surface area contributed by atoms with E-state index in [-0.39, 0.29) is 0 Å². The summed E-state index contributed by atoms with van der Waals surface area (Å²) in [6, 6.07) is 14.5. The van der Waals surface area contributed by atoms with Crippen molar-refractivity contribution in [3.63, 3.8) is 0 Å². The number of fused-ring (bicyclic) bond motifs is 2. The predicted octanol–water partition coefficient (Wildman–Crippen LogP) is 4.22. The van der Waals surface area contributed by atoms with Gasteiger partial charge in [0.05, 0.1) is 24.9 Å². The van der Waals surface area contributed by atoms with Gasteiger partial charge in [-0.05, 0) is 41.8 Å². The van der Waals surface area contributed by atoms with E-state index in [2.05, 4.69) is 58.6 Å². The van der Waals surface area contributed by atoms with Crippen LogP contribution < -0.4 is 0 Å². The fourth-order valence-corrected chi connectivity index (χ4v) is 4.92. The Labute approximate surface area is 182 Å². The Bertz CT molecular complexity index is 1220. The van der Waals surface area contributed by atoms with Crippen LogP contribution in [0.3, 0.4) is 0 Å². The molecule has 0 saturated carbocycles. The molecule has 2 aromatic carbocycles. The van der Waals surface area contributed by atoms with Crippen molar-refractivity contribution in [2.45, 2.75) is 26.5 Å². The number of ether oxygens (including phenoxy) is 1. The minimum Gasteiger partial charge on any atom is -0.384 e. The van der Waals surface area contributed by atoms with Crippen LogP contribution >= 0.6 is 0 Å². The highest BCUT2D eigenvalue weighted by Gasteiger charge is 2.23. The van der Waals surface area contributed by atoms with Crippen LogP contribution in [0.15, 0.2) is 54.9 Å². The van der Waals surface area contributed by atoms with Gasteiger partial charge in [0, 0.05) is 49.0 Å². The van der Waals surface area contributed by atoms with Crippen molar-refractivity contribution in [1.82, 2.24) is 14.5 Å². The number of aryl methyl sites for hydroxylation is 1. The molecular formula is C26H29N3O2. The molecule has 160 valence electrons. The van der Waals surface area contributed by atoms with Crippen molar-refractivity contribution >= 4 is 21.7 Å². The maximum absolute atomic E-state index is 11.6. The molecule has 1 fully saturated rings. The number of aliphatic hydroxyl groups is 1. The van der Waals surface area contributed by atoms with Crippen LogP contribution in [0.5, 0.6) is 0 Å². The number of nitrogens with zero attached hydrogens (tertiary/aromatic N) is 3. The monoisotopic (exact) mass is 415 g/mol. The Hall–Kier alpha value is -2.73. The van der Waals surface area contributed by atoms with Gasteiger partial charge in [0.15, 0.2) is 0 Å². The van der Waals surface area contributed by atoms with Gasteiger partial charge in [-0.2, -0.15) is 0 Å². The van der Waals surface area contributed by atoms with Crippen molar-refractivity contribution < 1.29 is 9.84 Å². The molecule has 31 heavy (non-hydrogen) atoms. The second-order valence-corrected chi connectivity index (χ2v) is 8.42. The van der Waals surface area contributed by atoms with Crippen molar-refractivity contribution in [2.75, 3.05) is 32.8 Å². The van der Waals surface area contributed by atoms with Gasteiger partial charge in [0.2, 0.25) is 0 Å². The number of aromatic nitrogens is 2. The lowest BCUT2D eigenvalue weighted by Crippen LogP contribution is -2.38. The molecular weight excluding hydrogens is 386 g/mol. The van der Waals surface area contributed by atoms with E-state index < -0.39 is 6.10 Å². The Morgan fingerprint density at radius 1 is 0.968 bits per heavy atom. The van der Waals surface area contributed by atoms with Crippen LogP contribution in [0, 0.1) is 13.8 Å². The molecule has 0 radical (unpaired) electrons. The first kappa shape index (κ1) is 20.2. The lowest BCUT2D eigenvalue weighted by atomic mass is 9.92. The van der Waals surface area contributed by atoms with Gasteiger partial charge in [0.25, 0.3) is 0 Å². The van der Waals surface area contributed by atoms with Gasteiger partial charge in [-0.15, -0.1) is 0 Å². The van der Waals surface area contributed by atoms with Crippen molar-refractivity contribution in [3.8, 4) is 0 Å². The Morgan fingerprint density at radius 3 is 2.55 bits per heavy atom. The fraction of sp³-hybridized carbons (Fsp3) is 0.346. The molecule has 0 amide bonds. The van der Waals surface area contributed by atoms with Crippen molar-refractivity contribution in [3.05, 3.63) is 77.2 Å². The Kier molecular flexibility index (Phi) is 5.48. The third-order valence-corrected chi connectivity index (χ3v) is 6.66. The summed E-state index contributed by atoms with van der Waals surface area (Å²) in [7, 11) is 0. The quantitative estimate of drug-likeness (QED) is 0.530. The summed E-state index contributed by atoms with van der Waals surface area (Å²) in [6.45, 7) is 9.62. The summed E-state index contributed by atoms with van der Waals surface area (Å²) in [5, 5.41) is 15.0. The fourth-order valence-electron chi connectivity index (χ4n) is 4.92. The molecule has 4 aromatic rings. The van der Waals surface area contributed by atoms with Crippen LogP contribution in [0.4, 0.5) is 0 Å². The van der Waals surface area contributed by atoms with Crippen molar-refractivity contribution in [2.24, 2.45) is 0 Å². The number of hydrogen-bond donors (Lipinski definition) is 1. The lowest BCUT2D eigenvalue weighted by Gasteiger charge is -2.27. The number of rotatable bonds is 5. The van der Waals surface area contributed by atoms with E-state index in [1.165, 1.54) is 10.9 Å². The van der Waals surface area contributed by atoms with Gasteiger partial charge in [-0.1, -0.05) is 36.4 Å². The standard InChI is InChI=1S/C26H29N3O2/c1-18-7-8-22(21-6-4-3-5-20(18)21)26(30)25-19(2)29(24-17-27-10-9-23(24)25)12-11-28-13-15-31-16-14-28/h3-10,17,26,30H,11-16H2,1-2H3. The van der Waals surface area contributed by atoms with E-state index in [0.29, 0.717) is 0 Å². The van der Waals surface area contributed by atoms with Gasteiger partial charge in [-0.3, -0.25) is 9.88 Å². The second-order valence-electron chi connectivity index (χ2n) is 8.42. The maximum atomic E-state index is 11.6. The smallest absolute Gasteiger partial charge is 0.107 e. The number of morpholine rings is 1. The van der Waals surface area contributed by atoms with E-state index in [9.17, 15) is 5.11 Å². The van der Waals surface area contributed by atoms with Crippen LogP contribution in [0.1, 0.15) is 28.5 Å². The zero-order chi connectivity index (χ0) is 21.4. The SMILES string of the molecule is Cc1ccc(C(O)c2c(C)n(CCN3CCOCC3)c3cnccc23)c2ccccc12. The predicted molar refractivity (Wildman–Crippen MR) is 124 cm³/mol. The maximum Gasteiger partial charge on any atom is 0.107 e. The average molecular weight is 416 g/mol. The summed E-state index contributed by atoms with van der Waals surface area (Å²) in [5.41, 5.74) is 5.34. The van der Waals surface area contributed by atoms with E-state index in [1.54, 1.807) is 0 Å². The third-order valence-electron chi connectivity index (χ3n) is 6.66. The minimum atomic E-state index is -0.694.